The maximum absolute atomic E-state index is 6.46. The van der Waals surface area contributed by atoms with Crippen LogP contribution in [0.4, 0.5) is 11.5 Å². The highest BCUT2D eigenvalue weighted by atomic mass is 35.5. The number of aromatic nitrogens is 3. The zero-order chi connectivity index (χ0) is 22.9. The molecule has 0 amide bonds. The van der Waals surface area contributed by atoms with Crippen molar-refractivity contribution in [3.05, 3.63) is 77.2 Å². The summed E-state index contributed by atoms with van der Waals surface area (Å²) in [5, 5.41) is 0.940. The van der Waals surface area contributed by atoms with Gasteiger partial charge in [0.15, 0.2) is 0 Å². The molecule has 0 aliphatic carbocycles. The van der Waals surface area contributed by atoms with Gasteiger partial charge in [0.1, 0.15) is 11.6 Å². The Bertz CT molecular complexity index is 1280. The molecule has 5 rings (SSSR count). The van der Waals surface area contributed by atoms with E-state index in [4.69, 9.17) is 28.9 Å². The lowest BCUT2D eigenvalue weighted by atomic mass is 10.0. The molecule has 3 heterocycles. The SMILES string of the molecule is CN1CCN(c2ccc(-c3cnc(N)c(-c4nccn4-c4cccc(Cl)c4Cl)c3)cc2)CC1. The number of imidazole rings is 1. The Balaban J connectivity index is 1.48. The Morgan fingerprint density at radius 2 is 1.67 bits per heavy atom. The number of anilines is 2. The van der Waals surface area contributed by atoms with Crippen molar-refractivity contribution >= 4 is 34.7 Å². The van der Waals surface area contributed by atoms with E-state index in [0.29, 0.717) is 21.7 Å². The van der Waals surface area contributed by atoms with E-state index in [-0.39, 0.29) is 0 Å². The number of pyridine rings is 1. The third-order valence-corrected chi connectivity index (χ3v) is 6.87. The molecule has 1 aliphatic rings. The minimum absolute atomic E-state index is 0.401. The number of nitrogens with zero attached hydrogens (tertiary/aromatic N) is 5. The summed E-state index contributed by atoms with van der Waals surface area (Å²) in [6, 6.07) is 16.1. The van der Waals surface area contributed by atoms with Crippen LogP contribution in [0.3, 0.4) is 0 Å². The minimum Gasteiger partial charge on any atom is -0.383 e. The van der Waals surface area contributed by atoms with E-state index in [1.165, 1.54) is 5.69 Å². The molecule has 33 heavy (non-hydrogen) atoms. The van der Waals surface area contributed by atoms with E-state index in [1.54, 1.807) is 18.5 Å². The largest absolute Gasteiger partial charge is 0.383 e. The Kier molecular flexibility index (Phi) is 5.98. The van der Waals surface area contributed by atoms with Crippen LogP contribution >= 0.6 is 23.2 Å². The standard InChI is InChI=1S/C25H24Cl2N6/c1-31-11-13-32(14-12-31)19-7-5-17(6-8-19)18-15-20(24(28)30-16-18)25-29-9-10-33(25)22-4-2-3-21(26)23(22)27/h2-10,15-16H,11-14H2,1H3,(H2,28,30). The summed E-state index contributed by atoms with van der Waals surface area (Å²) in [4.78, 5) is 13.8. The number of likely N-dealkylation sites (N-methyl/N-ethyl adjacent to an activating group) is 1. The molecule has 0 unspecified atom stereocenters. The average Bonchev–Trinajstić information content (AvgIpc) is 3.31. The van der Waals surface area contributed by atoms with Crippen LogP contribution in [0.15, 0.2) is 67.1 Å². The highest BCUT2D eigenvalue weighted by Crippen LogP contribution is 2.34. The molecular weight excluding hydrogens is 455 g/mol. The van der Waals surface area contributed by atoms with Gasteiger partial charge in [0, 0.05) is 56.0 Å². The third kappa shape index (κ3) is 4.29. The van der Waals surface area contributed by atoms with Crippen molar-refractivity contribution < 1.29 is 0 Å². The predicted molar refractivity (Wildman–Crippen MR) is 136 cm³/mol. The van der Waals surface area contributed by atoms with E-state index >= 15 is 0 Å². The van der Waals surface area contributed by atoms with E-state index in [2.05, 4.69) is 51.1 Å². The number of nitrogens with two attached hydrogens (primary N) is 1. The van der Waals surface area contributed by atoms with E-state index in [0.717, 1.165) is 48.6 Å². The van der Waals surface area contributed by atoms with Gasteiger partial charge in [-0.3, -0.25) is 4.57 Å². The summed E-state index contributed by atoms with van der Waals surface area (Å²) in [6.07, 6.45) is 5.34. The van der Waals surface area contributed by atoms with E-state index < -0.39 is 0 Å². The fourth-order valence-electron chi connectivity index (χ4n) is 4.12. The summed E-state index contributed by atoms with van der Waals surface area (Å²) >= 11 is 12.7. The van der Waals surface area contributed by atoms with Crippen LogP contribution in [0, 0.1) is 0 Å². The first-order valence-corrected chi connectivity index (χ1v) is 11.5. The molecular formula is C25H24Cl2N6. The van der Waals surface area contributed by atoms with Gasteiger partial charge in [-0.05, 0) is 42.9 Å². The quantitative estimate of drug-likeness (QED) is 0.434. The highest BCUT2D eigenvalue weighted by Gasteiger charge is 2.17. The Hall–Kier alpha value is -3.06. The van der Waals surface area contributed by atoms with Gasteiger partial charge in [-0.1, -0.05) is 41.4 Å². The van der Waals surface area contributed by atoms with Crippen molar-refractivity contribution in [2.75, 3.05) is 43.9 Å². The fourth-order valence-corrected chi connectivity index (χ4v) is 4.50. The first kappa shape index (κ1) is 21.8. The lowest BCUT2D eigenvalue weighted by Gasteiger charge is -2.34. The Morgan fingerprint density at radius 1 is 0.909 bits per heavy atom. The smallest absolute Gasteiger partial charge is 0.148 e. The summed E-state index contributed by atoms with van der Waals surface area (Å²) < 4.78 is 1.88. The molecule has 4 aromatic rings. The van der Waals surface area contributed by atoms with Gasteiger partial charge in [-0.25, -0.2) is 9.97 Å². The van der Waals surface area contributed by atoms with Crippen molar-refractivity contribution in [2.24, 2.45) is 0 Å². The number of nitrogen functional groups attached to an aromatic ring is 1. The molecule has 1 fully saturated rings. The summed E-state index contributed by atoms with van der Waals surface area (Å²) in [6.45, 7) is 4.24. The second-order valence-electron chi connectivity index (χ2n) is 8.19. The van der Waals surface area contributed by atoms with Gasteiger partial charge in [0.05, 0.1) is 21.3 Å². The predicted octanol–water partition coefficient (Wildman–Crippen LogP) is 5.24. The monoisotopic (exact) mass is 478 g/mol. The molecule has 6 nitrogen and oxygen atoms in total. The van der Waals surface area contributed by atoms with Gasteiger partial charge in [-0.15, -0.1) is 0 Å². The van der Waals surface area contributed by atoms with Crippen molar-refractivity contribution in [3.8, 4) is 28.2 Å². The molecule has 0 saturated carbocycles. The first-order chi connectivity index (χ1) is 16.0. The number of hydrogen-bond donors (Lipinski definition) is 1. The molecule has 1 saturated heterocycles. The number of halogens is 2. The van der Waals surface area contributed by atoms with Crippen LogP contribution in [-0.2, 0) is 0 Å². The fraction of sp³-hybridized carbons (Fsp3) is 0.200. The lowest BCUT2D eigenvalue weighted by molar-refractivity contribution is 0.313. The number of hydrogen-bond acceptors (Lipinski definition) is 5. The molecule has 2 aromatic carbocycles. The minimum atomic E-state index is 0.401. The Morgan fingerprint density at radius 3 is 2.42 bits per heavy atom. The Labute approximate surface area is 203 Å². The summed E-state index contributed by atoms with van der Waals surface area (Å²) in [5.41, 5.74) is 11.0. The van der Waals surface area contributed by atoms with Gasteiger partial charge in [-0.2, -0.15) is 0 Å². The molecule has 0 spiro atoms. The number of rotatable bonds is 4. The van der Waals surface area contributed by atoms with Crippen LogP contribution in [0.2, 0.25) is 10.0 Å². The molecule has 1 aliphatic heterocycles. The van der Waals surface area contributed by atoms with Crippen molar-refractivity contribution in [1.29, 1.82) is 0 Å². The number of piperazine rings is 1. The lowest BCUT2D eigenvalue weighted by Crippen LogP contribution is -2.44. The van der Waals surface area contributed by atoms with Gasteiger partial charge < -0.3 is 15.5 Å². The van der Waals surface area contributed by atoms with Crippen molar-refractivity contribution in [3.63, 3.8) is 0 Å². The van der Waals surface area contributed by atoms with Crippen molar-refractivity contribution in [2.45, 2.75) is 0 Å². The van der Waals surface area contributed by atoms with E-state index in [1.807, 2.05) is 29.0 Å². The van der Waals surface area contributed by atoms with Crippen LogP contribution in [-0.4, -0.2) is 52.7 Å². The molecule has 0 bridgehead atoms. The van der Waals surface area contributed by atoms with Crippen LogP contribution in [0.5, 0.6) is 0 Å². The topological polar surface area (TPSA) is 63.2 Å². The van der Waals surface area contributed by atoms with Crippen LogP contribution in [0.1, 0.15) is 0 Å². The highest BCUT2D eigenvalue weighted by molar-refractivity contribution is 6.43. The average molecular weight is 479 g/mol. The molecule has 8 heteroatoms. The molecule has 0 radical (unpaired) electrons. The molecule has 2 N–H and O–H groups in total. The van der Waals surface area contributed by atoms with E-state index in [9.17, 15) is 0 Å². The van der Waals surface area contributed by atoms with Crippen molar-refractivity contribution in [1.82, 2.24) is 19.4 Å². The normalized spacial score (nSPS) is 14.6. The van der Waals surface area contributed by atoms with Gasteiger partial charge in [0.25, 0.3) is 0 Å². The third-order valence-electron chi connectivity index (χ3n) is 6.06. The van der Waals surface area contributed by atoms with Gasteiger partial charge in [0.2, 0.25) is 0 Å². The van der Waals surface area contributed by atoms with Gasteiger partial charge >= 0.3 is 0 Å². The molecule has 168 valence electrons. The summed E-state index contributed by atoms with van der Waals surface area (Å²) in [7, 11) is 2.16. The zero-order valence-electron chi connectivity index (χ0n) is 18.2. The first-order valence-electron chi connectivity index (χ1n) is 10.8. The van der Waals surface area contributed by atoms with Crippen LogP contribution in [0.25, 0.3) is 28.2 Å². The maximum atomic E-state index is 6.46. The molecule has 2 aromatic heterocycles. The zero-order valence-corrected chi connectivity index (χ0v) is 19.8. The second kappa shape index (κ2) is 9.06. The summed E-state index contributed by atoms with van der Waals surface area (Å²) in [5.74, 6) is 1.05. The second-order valence-corrected chi connectivity index (χ2v) is 8.97. The maximum Gasteiger partial charge on any atom is 0.148 e. The van der Waals surface area contributed by atoms with Crippen LogP contribution < -0.4 is 10.6 Å². The molecule has 0 atom stereocenters. The number of benzene rings is 2.